The van der Waals surface area contributed by atoms with E-state index in [4.69, 9.17) is 11.2 Å². The van der Waals surface area contributed by atoms with E-state index in [-0.39, 0.29) is 11.7 Å². The van der Waals surface area contributed by atoms with Crippen LogP contribution in [0.15, 0.2) is 35.5 Å². The number of carbonyl (C=O) groups is 1. The summed E-state index contributed by atoms with van der Waals surface area (Å²) in [6.45, 7) is 6.81. The molecule has 1 N–H and O–H groups in total. The van der Waals surface area contributed by atoms with Gasteiger partial charge in [-0.15, -0.1) is 16.6 Å². The molecular formula is C21H27N5O2S. The van der Waals surface area contributed by atoms with Gasteiger partial charge in [0.1, 0.15) is 5.54 Å². The van der Waals surface area contributed by atoms with Crippen LogP contribution in [0.3, 0.4) is 0 Å². The van der Waals surface area contributed by atoms with E-state index >= 15 is 0 Å². The summed E-state index contributed by atoms with van der Waals surface area (Å²) in [6.07, 6.45) is 7.04. The molecule has 0 saturated carbocycles. The van der Waals surface area contributed by atoms with Crippen LogP contribution in [0.25, 0.3) is 5.69 Å². The Kier molecular flexibility index (Phi) is 7.18. The highest BCUT2D eigenvalue weighted by atomic mass is 32.2. The minimum atomic E-state index is -0.594. The lowest BCUT2D eigenvalue weighted by atomic mass is 9.94. The zero-order chi connectivity index (χ0) is 20.7. The van der Waals surface area contributed by atoms with Gasteiger partial charge in [0, 0.05) is 13.1 Å². The zero-order valence-corrected chi connectivity index (χ0v) is 17.7. The molecule has 7 nitrogen and oxygen atoms in total. The quantitative estimate of drug-likeness (QED) is 0.530. The van der Waals surface area contributed by atoms with E-state index in [0.29, 0.717) is 31.2 Å². The van der Waals surface area contributed by atoms with Crippen LogP contribution in [-0.4, -0.2) is 58.3 Å². The molecule has 0 radical (unpaired) electrons. The number of hydrogen-bond acceptors (Lipinski definition) is 6. The summed E-state index contributed by atoms with van der Waals surface area (Å²) in [5.41, 5.74) is 0.367. The number of nitrogens with one attached hydrogen (secondary N) is 1. The maximum absolute atomic E-state index is 12.6. The molecule has 2 aromatic rings. The van der Waals surface area contributed by atoms with Gasteiger partial charge < -0.3 is 15.0 Å². The van der Waals surface area contributed by atoms with Crippen molar-refractivity contribution in [2.24, 2.45) is 0 Å². The fraction of sp³-hybridized carbons (Fsp3) is 0.476. The maximum atomic E-state index is 12.6. The number of carbonyl (C=O) groups excluding carboxylic acids is 1. The molecule has 0 aliphatic carbocycles. The first-order chi connectivity index (χ1) is 14.1. The molecular weight excluding hydrogens is 386 g/mol. The van der Waals surface area contributed by atoms with Crippen LogP contribution in [0.2, 0.25) is 0 Å². The molecule has 0 unspecified atom stereocenters. The van der Waals surface area contributed by atoms with Gasteiger partial charge in [0.05, 0.1) is 24.7 Å². The van der Waals surface area contributed by atoms with E-state index in [1.54, 1.807) is 0 Å². The smallest absolute Gasteiger partial charge is 0.232 e. The lowest BCUT2D eigenvalue weighted by Crippen LogP contribution is -2.47. The van der Waals surface area contributed by atoms with Gasteiger partial charge in [0.15, 0.2) is 5.16 Å². The monoisotopic (exact) mass is 413 g/mol. The number of amides is 1. The maximum Gasteiger partial charge on any atom is 0.232 e. The van der Waals surface area contributed by atoms with Crippen LogP contribution in [0.4, 0.5) is 5.95 Å². The highest BCUT2D eigenvalue weighted by Crippen LogP contribution is 2.27. The van der Waals surface area contributed by atoms with E-state index in [0.717, 1.165) is 24.7 Å². The highest BCUT2D eigenvalue weighted by Gasteiger charge is 2.26. The second kappa shape index (κ2) is 9.81. The van der Waals surface area contributed by atoms with Crippen molar-refractivity contribution in [2.75, 3.05) is 37.0 Å². The Morgan fingerprint density at radius 1 is 1.24 bits per heavy atom. The van der Waals surface area contributed by atoms with Gasteiger partial charge in [0.25, 0.3) is 0 Å². The van der Waals surface area contributed by atoms with E-state index < -0.39 is 5.54 Å². The highest BCUT2D eigenvalue weighted by molar-refractivity contribution is 7.99. The third-order valence-corrected chi connectivity index (χ3v) is 6.05. The Morgan fingerprint density at radius 2 is 1.93 bits per heavy atom. The third-order valence-electron chi connectivity index (χ3n) is 5.12. The molecule has 1 amide bonds. The first-order valence-electron chi connectivity index (χ1n) is 9.87. The predicted molar refractivity (Wildman–Crippen MR) is 115 cm³/mol. The van der Waals surface area contributed by atoms with Gasteiger partial charge in [0.2, 0.25) is 11.9 Å². The minimum absolute atomic E-state index is 0.104. The predicted octanol–water partition coefficient (Wildman–Crippen LogP) is 2.50. The Hall–Kier alpha value is -2.50. The lowest BCUT2D eigenvalue weighted by molar-refractivity contribution is -0.119. The summed E-state index contributed by atoms with van der Waals surface area (Å²) in [6, 6.07) is 9.94. The number of terminal acetylenes is 1. The van der Waals surface area contributed by atoms with E-state index in [9.17, 15) is 4.79 Å². The first-order valence-corrected chi connectivity index (χ1v) is 10.9. The Labute approximate surface area is 176 Å². The fourth-order valence-electron chi connectivity index (χ4n) is 3.23. The molecule has 0 spiro atoms. The van der Waals surface area contributed by atoms with Crippen molar-refractivity contribution in [3.8, 4) is 18.0 Å². The van der Waals surface area contributed by atoms with Gasteiger partial charge in [-0.05, 0) is 25.0 Å². The van der Waals surface area contributed by atoms with Gasteiger partial charge in [-0.3, -0.25) is 9.36 Å². The van der Waals surface area contributed by atoms with Crippen molar-refractivity contribution in [3.63, 3.8) is 0 Å². The SMILES string of the molecule is C#CC(CC)(CC)NC(=O)CSc1nnc(N2CCOCC2)n1-c1ccccc1. The van der Waals surface area contributed by atoms with Crippen LogP contribution in [0.5, 0.6) is 0 Å². The van der Waals surface area contributed by atoms with Crippen LogP contribution in [0.1, 0.15) is 26.7 Å². The molecule has 1 aromatic heterocycles. The van der Waals surface area contributed by atoms with Crippen molar-refractivity contribution in [1.82, 2.24) is 20.1 Å². The minimum Gasteiger partial charge on any atom is -0.378 e. The number of benzene rings is 1. The molecule has 3 rings (SSSR count). The number of aromatic nitrogens is 3. The second-order valence-corrected chi connectivity index (χ2v) is 7.77. The fourth-order valence-corrected chi connectivity index (χ4v) is 3.97. The lowest BCUT2D eigenvalue weighted by Gasteiger charge is -2.28. The van der Waals surface area contributed by atoms with Crippen molar-refractivity contribution < 1.29 is 9.53 Å². The number of rotatable bonds is 8. The molecule has 1 aliphatic heterocycles. The summed E-state index contributed by atoms with van der Waals surface area (Å²) >= 11 is 1.36. The number of nitrogens with zero attached hydrogens (tertiary/aromatic N) is 4. The average molecular weight is 414 g/mol. The molecule has 1 aliphatic rings. The van der Waals surface area contributed by atoms with E-state index in [1.165, 1.54) is 11.8 Å². The van der Waals surface area contributed by atoms with Crippen molar-refractivity contribution in [3.05, 3.63) is 30.3 Å². The molecule has 1 aromatic carbocycles. The van der Waals surface area contributed by atoms with Gasteiger partial charge in [-0.2, -0.15) is 0 Å². The molecule has 1 fully saturated rings. The molecule has 2 heterocycles. The molecule has 0 bridgehead atoms. The van der Waals surface area contributed by atoms with Gasteiger partial charge in [-0.1, -0.05) is 49.7 Å². The van der Waals surface area contributed by atoms with Crippen LogP contribution < -0.4 is 10.2 Å². The zero-order valence-electron chi connectivity index (χ0n) is 16.9. The van der Waals surface area contributed by atoms with Crippen LogP contribution in [0, 0.1) is 12.3 Å². The van der Waals surface area contributed by atoms with E-state index in [1.807, 2.05) is 48.7 Å². The Morgan fingerprint density at radius 3 is 2.55 bits per heavy atom. The number of para-hydroxylation sites is 1. The normalized spacial score (nSPS) is 14.4. The standard InChI is InChI=1S/C21H27N5O2S/c1-4-21(5-2,6-3)22-18(27)16-29-20-24-23-19(25-12-14-28-15-13-25)26(20)17-10-8-7-9-11-17/h1,7-11H,5-6,12-16H2,2-3H3,(H,22,27). The first kappa shape index (κ1) is 21.2. The average Bonchev–Trinajstić information content (AvgIpc) is 3.21. The summed E-state index contributed by atoms with van der Waals surface area (Å²) in [5.74, 6) is 3.62. The molecule has 1 saturated heterocycles. The summed E-state index contributed by atoms with van der Waals surface area (Å²) in [5, 5.41) is 12.5. The summed E-state index contributed by atoms with van der Waals surface area (Å²) in [4.78, 5) is 14.7. The topological polar surface area (TPSA) is 72.3 Å². The number of morpholine rings is 1. The molecule has 8 heteroatoms. The van der Waals surface area contributed by atoms with Crippen molar-refractivity contribution >= 4 is 23.6 Å². The van der Waals surface area contributed by atoms with Crippen LogP contribution in [-0.2, 0) is 9.53 Å². The number of hydrogen-bond donors (Lipinski definition) is 1. The molecule has 29 heavy (non-hydrogen) atoms. The molecule has 154 valence electrons. The largest absolute Gasteiger partial charge is 0.378 e. The van der Waals surface area contributed by atoms with Gasteiger partial charge in [-0.25, -0.2) is 0 Å². The molecule has 0 atom stereocenters. The number of ether oxygens (including phenoxy) is 1. The van der Waals surface area contributed by atoms with Crippen molar-refractivity contribution in [2.45, 2.75) is 37.4 Å². The Bertz CT molecular complexity index is 852. The van der Waals surface area contributed by atoms with E-state index in [2.05, 4.69) is 26.3 Å². The van der Waals surface area contributed by atoms with Crippen molar-refractivity contribution in [1.29, 1.82) is 0 Å². The summed E-state index contributed by atoms with van der Waals surface area (Å²) < 4.78 is 7.45. The second-order valence-electron chi connectivity index (χ2n) is 6.82. The van der Waals surface area contributed by atoms with Gasteiger partial charge >= 0.3 is 0 Å². The van der Waals surface area contributed by atoms with Crippen LogP contribution >= 0.6 is 11.8 Å². The number of thioether (sulfide) groups is 1. The summed E-state index contributed by atoms with van der Waals surface area (Å²) in [7, 11) is 0. The number of anilines is 1. The Balaban J connectivity index is 1.80. The third kappa shape index (κ3) is 4.92.